The van der Waals surface area contributed by atoms with Crippen LogP contribution in [-0.2, 0) is 9.59 Å². The predicted molar refractivity (Wildman–Crippen MR) is 77.3 cm³/mol. The molecule has 0 bridgehead atoms. The Morgan fingerprint density at radius 3 is 2.25 bits per heavy atom. The van der Waals surface area contributed by atoms with E-state index in [1.807, 2.05) is 0 Å². The lowest BCUT2D eigenvalue weighted by Gasteiger charge is -2.40. The summed E-state index contributed by atoms with van der Waals surface area (Å²) in [4.78, 5) is 23.7. The van der Waals surface area contributed by atoms with Crippen LogP contribution in [0.25, 0.3) is 0 Å². The largest absolute Gasteiger partial charge is 0.481 e. The Balaban J connectivity index is 2.06. The fraction of sp³-hybridized carbons (Fsp3) is 0.875. The highest BCUT2D eigenvalue weighted by Gasteiger charge is 2.42. The molecular formula is C16H27NO3. The summed E-state index contributed by atoms with van der Waals surface area (Å²) in [5.41, 5.74) is -0.457. The molecule has 2 N–H and O–H groups in total. The Kier molecular flexibility index (Phi) is 4.40. The third-order valence-corrected chi connectivity index (χ3v) is 5.26. The molecule has 0 aromatic heterocycles. The second-order valence-corrected chi connectivity index (χ2v) is 7.33. The van der Waals surface area contributed by atoms with Gasteiger partial charge in [0.2, 0.25) is 5.91 Å². The Labute approximate surface area is 121 Å². The van der Waals surface area contributed by atoms with Gasteiger partial charge in [-0.2, -0.15) is 0 Å². The quantitative estimate of drug-likeness (QED) is 0.832. The number of hydrogen-bond acceptors (Lipinski definition) is 2. The molecule has 1 atom stereocenters. The summed E-state index contributed by atoms with van der Waals surface area (Å²) in [6, 6.07) is 0. The van der Waals surface area contributed by atoms with Crippen LogP contribution in [0.5, 0.6) is 0 Å². The molecule has 114 valence electrons. The average molecular weight is 281 g/mol. The van der Waals surface area contributed by atoms with E-state index in [4.69, 9.17) is 5.11 Å². The van der Waals surface area contributed by atoms with Crippen LogP contribution >= 0.6 is 0 Å². The van der Waals surface area contributed by atoms with Crippen LogP contribution in [0, 0.1) is 11.3 Å². The third kappa shape index (κ3) is 3.33. The normalized spacial score (nSPS) is 28.0. The smallest absolute Gasteiger partial charge is 0.305 e. The number of rotatable bonds is 4. The Morgan fingerprint density at radius 1 is 1.10 bits per heavy atom. The molecular weight excluding hydrogens is 254 g/mol. The molecule has 0 aromatic carbocycles. The van der Waals surface area contributed by atoms with Gasteiger partial charge in [-0.05, 0) is 31.1 Å². The summed E-state index contributed by atoms with van der Waals surface area (Å²) in [6.07, 6.45) is 8.01. The molecule has 0 heterocycles. The van der Waals surface area contributed by atoms with Gasteiger partial charge in [0.05, 0.1) is 12.0 Å². The first-order chi connectivity index (χ1) is 9.35. The van der Waals surface area contributed by atoms with Crippen molar-refractivity contribution in [2.45, 2.75) is 77.2 Å². The lowest BCUT2D eigenvalue weighted by molar-refractivity contribution is -0.140. The summed E-state index contributed by atoms with van der Waals surface area (Å²) < 4.78 is 0. The minimum Gasteiger partial charge on any atom is -0.481 e. The van der Waals surface area contributed by atoms with Gasteiger partial charge in [0, 0.05) is 5.92 Å². The highest BCUT2D eigenvalue weighted by molar-refractivity contribution is 5.81. The number of carbonyl (C=O) groups is 2. The molecule has 0 aromatic rings. The molecule has 2 aliphatic carbocycles. The third-order valence-electron chi connectivity index (χ3n) is 5.26. The Morgan fingerprint density at radius 2 is 1.70 bits per heavy atom. The van der Waals surface area contributed by atoms with E-state index >= 15 is 0 Å². The van der Waals surface area contributed by atoms with Gasteiger partial charge in [0.1, 0.15) is 0 Å². The van der Waals surface area contributed by atoms with Crippen molar-refractivity contribution in [2.75, 3.05) is 0 Å². The molecule has 0 spiro atoms. The van der Waals surface area contributed by atoms with Crippen molar-refractivity contribution in [2.24, 2.45) is 11.3 Å². The molecule has 0 radical (unpaired) electrons. The van der Waals surface area contributed by atoms with Gasteiger partial charge >= 0.3 is 5.97 Å². The molecule has 4 nitrogen and oxygen atoms in total. The van der Waals surface area contributed by atoms with Crippen LogP contribution < -0.4 is 5.32 Å². The molecule has 0 saturated heterocycles. The summed E-state index contributed by atoms with van der Waals surface area (Å²) in [7, 11) is 0. The van der Waals surface area contributed by atoms with E-state index in [2.05, 4.69) is 19.2 Å². The van der Waals surface area contributed by atoms with E-state index in [1.54, 1.807) is 0 Å². The van der Waals surface area contributed by atoms with Crippen molar-refractivity contribution in [1.82, 2.24) is 5.32 Å². The van der Waals surface area contributed by atoms with E-state index in [9.17, 15) is 9.59 Å². The number of aliphatic carboxylic acids is 1. The maximum Gasteiger partial charge on any atom is 0.305 e. The molecule has 2 fully saturated rings. The summed E-state index contributed by atoms with van der Waals surface area (Å²) >= 11 is 0. The molecule has 2 aliphatic rings. The first kappa shape index (κ1) is 15.3. The van der Waals surface area contributed by atoms with Crippen molar-refractivity contribution < 1.29 is 14.7 Å². The van der Waals surface area contributed by atoms with Crippen LogP contribution in [0.1, 0.15) is 71.6 Å². The Hall–Kier alpha value is -1.06. The van der Waals surface area contributed by atoms with Crippen molar-refractivity contribution >= 4 is 11.9 Å². The van der Waals surface area contributed by atoms with Crippen molar-refractivity contribution in [3.8, 4) is 0 Å². The number of carbonyl (C=O) groups excluding carboxylic acids is 1. The van der Waals surface area contributed by atoms with Crippen LogP contribution in [-0.4, -0.2) is 22.5 Å². The van der Waals surface area contributed by atoms with E-state index in [0.717, 1.165) is 44.9 Å². The van der Waals surface area contributed by atoms with Gasteiger partial charge in [-0.25, -0.2) is 0 Å². The van der Waals surface area contributed by atoms with Crippen LogP contribution in [0.2, 0.25) is 0 Å². The van der Waals surface area contributed by atoms with E-state index in [-0.39, 0.29) is 23.7 Å². The molecule has 1 unspecified atom stereocenters. The van der Waals surface area contributed by atoms with Gasteiger partial charge in [-0.15, -0.1) is 0 Å². The van der Waals surface area contributed by atoms with Gasteiger partial charge in [-0.3, -0.25) is 9.59 Å². The van der Waals surface area contributed by atoms with Crippen molar-refractivity contribution in [3.05, 3.63) is 0 Å². The Bertz CT molecular complexity index is 383. The topological polar surface area (TPSA) is 66.4 Å². The van der Waals surface area contributed by atoms with Crippen LogP contribution in [0.3, 0.4) is 0 Å². The number of nitrogens with one attached hydrogen (secondary N) is 1. The summed E-state index contributed by atoms with van der Waals surface area (Å²) in [5, 5.41) is 12.2. The second kappa shape index (κ2) is 5.74. The number of carboxylic acid groups (broad SMARTS) is 1. The minimum absolute atomic E-state index is 0.0301. The summed E-state index contributed by atoms with van der Waals surface area (Å²) in [6.45, 7) is 4.32. The fourth-order valence-corrected chi connectivity index (χ4v) is 4.02. The van der Waals surface area contributed by atoms with Gasteiger partial charge in [0.15, 0.2) is 0 Å². The highest BCUT2D eigenvalue weighted by Crippen LogP contribution is 2.42. The minimum atomic E-state index is -0.810. The van der Waals surface area contributed by atoms with Gasteiger partial charge in [0.25, 0.3) is 0 Å². The van der Waals surface area contributed by atoms with Crippen LogP contribution in [0.4, 0.5) is 0 Å². The molecule has 0 aliphatic heterocycles. The zero-order chi connectivity index (χ0) is 14.8. The van der Waals surface area contributed by atoms with E-state index in [1.165, 1.54) is 6.42 Å². The maximum absolute atomic E-state index is 12.7. The zero-order valence-electron chi connectivity index (χ0n) is 12.7. The first-order valence-corrected chi connectivity index (χ1v) is 7.89. The molecule has 2 rings (SSSR count). The van der Waals surface area contributed by atoms with Gasteiger partial charge < -0.3 is 10.4 Å². The zero-order valence-corrected chi connectivity index (χ0v) is 12.7. The lowest BCUT2D eigenvalue weighted by Crippen LogP contribution is -2.52. The molecule has 4 heteroatoms. The average Bonchev–Trinajstić information content (AvgIpc) is 2.75. The van der Waals surface area contributed by atoms with Crippen molar-refractivity contribution in [1.29, 1.82) is 0 Å². The van der Waals surface area contributed by atoms with E-state index < -0.39 is 11.5 Å². The number of amides is 1. The SMILES string of the molecule is CC1(C)CCCCC1C(=O)NC1(CC(=O)O)CCCC1. The monoisotopic (exact) mass is 281 g/mol. The highest BCUT2D eigenvalue weighted by atomic mass is 16.4. The standard InChI is InChI=1S/C16H27NO3/c1-15(2)8-4-3-7-12(15)14(20)17-16(11-13(18)19)9-5-6-10-16/h12H,3-11H2,1-2H3,(H,17,20)(H,18,19). The lowest BCUT2D eigenvalue weighted by atomic mass is 9.68. The molecule has 20 heavy (non-hydrogen) atoms. The fourth-order valence-electron chi connectivity index (χ4n) is 4.02. The predicted octanol–water partition coefficient (Wildman–Crippen LogP) is 3.11. The number of hydrogen-bond donors (Lipinski definition) is 2. The molecule has 1 amide bonds. The number of carboxylic acids is 1. The molecule has 2 saturated carbocycles. The van der Waals surface area contributed by atoms with Crippen molar-refractivity contribution in [3.63, 3.8) is 0 Å². The second-order valence-electron chi connectivity index (χ2n) is 7.33. The maximum atomic E-state index is 12.7. The van der Waals surface area contributed by atoms with E-state index in [0.29, 0.717) is 0 Å². The first-order valence-electron chi connectivity index (χ1n) is 7.89. The summed E-state index contributed by atoms with van der Waals surface area (Å²) in [5.74, 6) is -0.699. The van der Waals surface area contributed by atoms with Gasteiger partial charge in [-0.1, -0.05) is 39.5 Å². The van der Waals surface area contributed by atoms with Crippen LogP contribution in [0.15, 0.2) is 0 Å².